The molecule has 1 atom stereocenters. The Labute approximate surface area is 134 Å². The second-order valence-electron chi connectivity index (χ2n) is 4.78. The molecule has 1 heterocycles. The molecule has 108 valence electrons. The van der Waals surface area contributed by atoms with Gasteiger partial charge in [0, 0.05) is 17.1 Å². The van der Waals surface area contributed by atoms with Crippen molar-refractivity contribution in [1.82, 2.24) is 10.3 Å². The van der Waals surface area contributed by atoms with Gasteiger partial charge in [0.15, 0.2) is 0 Å². The smallest absolute Gasteiger partial charge is 0.0794 e. The minimum Gasteiger partial charge on any atom is -0.313 e. The Hall–Kier alpha value is -0.610. The second kappa shape index (κ2) is 7.99. The molecule has 0 radical (unpaired) electrons. The Kier molecular flexibility index (Phi) is 6.30. The maximum atomic E-state index is 6.08. The quantitative estimate of drug-likeness (QED) is 0.803. The summed E-state index contributed by atoms with van der Waals surface area (Å²) in [7, 11) is 0. The van der Waals surface area contributed by atoms with Crippen LogP contribution in [-0.2, 0) is 12.8 Å². The van der Waals surface area contributed by atoms with Crippen molar-refractivity contribution in [2.45, 2.75) is 32.2 Å². The van der Waals surface area contributed by atoms with Crippen LogP contribution >= 0.6 is 34.5 Å². The largest absolute Gasteiger partial charge is 0.313 e. The van der Waals surface area contributed by atoms with E-state index in [9.17, 15) is 0 Å². The van der Waals surface area contributed by atoms with Gasteiger partial charge in [-0.25, -0.2) is 0 Å². The summed E-state index contributed by atoms with van der Waals surface area (Å²) in [6, 6.07) is 6.26. The Balaban J connectivity index is 2.04. The standard InChI is InChI=1S/C15H18Cl2N2S/c1-2-5-19-12(8-13-9-18-10-20-13)6-11-3-4-14(16)15(17)7-11/h3-4,7,9-10,12,19H,2,5-6,8H2,1H3. The number of hydrogen-bond acceptors (Lipinski definition) is 3. The molecule has 0 saturated heterocycles. The summed E-state index contributed by atoms with van der Waals surface area (Å²) in [6.45, 7) is 3.20. The summed E-state index contributed by atoms with van der Waals surface area (Å²) in [5, 5.41) is 4.82. The summed E-state index contributed by atoms with van der Waals surface area (Å²) >= 11 is 13.7. The fourth-order valence-electron chi connectivity index (χ4n) is 2.10. The summed E-state index contributed by atoms with van der Waals surface area (Å²) < 4.78 is 0. The van der Waals surface area contributed by atoms with Crippen LogP contribution in [0.1, 0.15) is 23.8 Å². The molecule has 2 aromatic rings. The molecule has 5 heteroatoms. The lowest BCUT2D eigenvalue weighted by molar-refractivity contribution is 0.507. The number of hydrogen-bond donors (Lipinski definition) is 1. The molecule has 0 bridgehead atoms. The van der Waals surface area contributed by atoms with Crippen molar-refractivity contribution in [1.29, 1.82) is 0 Å². The lowest BCUT2D eigenvalue weighted by atomic mass is 10.0. The Morgan fingerprint density at radius 1 is 1.25 bits per heavy atom. The van der Waals surface area contributed by atoms with Crippen molar-refractivity contribution in [2.75, 3.05) is 6.54 Å². The van der Waals surface area contributed by atoms with Crippen molar-refractivity contribution in [2.24, 2.45) is 0 Å². The zero-order valence-electron chi connectivity index (χ0n) is 11.4. The molecule has 2 nitrogen and oxygen atoms in total. The SMILES string of the molecule is CCCNC(Cc1ccc(Cl)c(Cl)c1)Cc1cncs1. The molecule has 20 heavy (non-hydrogen) atoms. The van der Waals surface area contributed by atoms with Gasteiger partial charge in [-0.3, -0.25) is 4.98 Å². The Morgan fingerprint density at radius 3 is 2.75 bits per heavy atom. The fraction of sp³-hybridized carbons (Fsp3) is 0.400. The average Bonchev–Trinajstić information content (AvgIpc) is 2.93. The lowest BCUT2D eigenvalue weighted by Gasteiger charge is -2.18. The predicted octanol–water partition coefficient (Wildman–Crippen LogP) is 4.60. The number of nitrogens with one attached hydrogen (secondary N) is 1. The molecule has 0 fully saturated rings. The molecule has 1 unspecified atom stereocenters. The van der Waals surface area contributed by atoms with Gasteiger partial charge in [-0.1, -0.05) is 36.2 Å². The van der Waals surface area contributed by atoms with Gasteiger partial charge in [-0.2, -0.15) is 0 Å². The second-order valence-corrected chi connectivity index (χ2v) is 6.56. The Bertz CT molecular complexity index is 529. The van der Waals surface area contributed by atoms with Crippen LogP contribution in [-0.4, -0.2) is 17.6 Å². The van der Waals surface area contributed by atoms with Crippen LogP contribution in [0.25, 0.3) is 0 Å². The van der Waals surface area contributed by atoms with E-state index < -0.39 is 0 Å². The topological polar surface area (TPSA) is 24.9 Å². The van der Waals surface area contributed by atoms with E-state index in [4.69, 9.17) is 23.2 Å². The normalized spacial score (nSPS) is 12.6. The van der Waals surface area contributed by atoms with Crippen LogP contribution < -0.4 is 5.32 Å². The van der Waals surface area contributed by atoms with Crippen LogP contribution in [0, 0.1) is 0 Å². The van der Waals surface area contributed by atoms with Gasteiger partial charge in [-0.05, 0) is 43.5 Å². The number of halogens is 2. The summed E-state index contributed by atoms with van der Waals surface area (Å²) in [6.07, 6.45) is 5.00. The molecule has 1 aromatic heterocycles. The highest BCUT2D eigenvalue weighted by molar-refractivity contribution is 7.09. The maximum Gasteiger partial charge on any atom is 0.0794 e. The first-order valence-electron chi connectivity index (χ1n) is 6.73. The number of thiazole rings is 1. The van der Waals surface area contributed by atoms with Gasteiger partial charge in [0.25, 0.3) is 0 Å². The summed E-state index contributed by atoms with van der Waals surface area (Å²) in [4.78, 5) is 5.44. The van der Waals surface area contributed by atoms with Gasteiger partial charge >= 0.3 is 0 Å². The summed E-state index contributed by atoms with van der Waals surface area (Å²) in [5.74, 6) is 0. The zero-order chi connectivity index (χ0) is 14.4. The van der Waals surface area contributed by atoms with Crippen molar-refractivity contribution in [3.63, 3.8) is 0 Å². The first kappa shape index (κ1) is 15.8. The van der Waals surface area contributed by atoms with Crippen LogP contribution in [0.3, 0.4) is 0 Å². The third-order valence-electron chi connectivity index (χ3n) is 3.08. The van der Waals surface area contributed by atoms with Gasteiger partial charge in [0.2, 0.25) is 0 Å². The van der Waals surface area contributed by atoms with E-state index in [0.29, 0.717) is 16.1 Å². The van der Waals surface area contributed by atoms with Crippen LogP contribution in [0.4, 0.5) is 0 Å². The predicted molar refractivity (Wildman–Crippen MR) is 88.1 cm³/mol. The molecule has 0 aliphatic heterocycles. The molecule has 1 aromatic carbocycles. The fourth-order valence-corrected chi connectivity index (χ4v) is 3.10. The number of nitrogens with zero attached hydrogens (tertiary/aromatic N) is 1. The van der Waals surface area contributed by atoms with E-state index in [1.165, 1.54) is 10.4 Å². The van der Waals surface area contributed by atoms with Gasteiger partial charge in [-0.15, -0.1) is 11.3 Å². The van der Waals surface area contributed by atoms with E-state index in [1.807, 2.05) is 29.9 Å². The zero-order valence-corrected chi connectivity index (χ0v) is 13.7. The Morgan fingerprint density at radius 2 is 2.10 bits per heavy atom. The molecular weight excluding hydrogens is 311 g/mol. The third kappa shape index (κ3) is 4.74. The van der Waals surface area contributed by atoms with E-state index in [2.05, 4.69) is 17.2 Å². The van der Waals surface area contributed by atoms with Crippen LogP contribution in [0.15, 0.2) is 29.9 Å². The molecule has 0 amide bonds. The highest BCUT2D eigenvalue weighted by atomic mass is 35.5. The molecule has 0 aliphatic carbocycles. The average molecular weight is 329 g/mol. The molecule has 0 saturated carbocycles. The van der Waals surface area contributed by atoms with Gasteiger partial charge < -0.3 is 5.32 Å². The van der Waals surface area contributed by atoms with Crippen molar-refractivity contribution in [3.8, 4) is 0 Å². The minimum absolute atomic E-state index is 0.396. The third-order valence-corrected chi connectivity index (χ3v) is 4.62. The molecule has 1 N–H and O–H groups in total. The van der Waals surface area contributed by atoms with E-state index in [1.54, 1.807) is 11.3 Å². The maximum absolute atomic E-state index is 6.08. The van der Waals surface area contributed by atoms with E-state index >= 15 is 0 Å². The molecule has 0 aliphatic rings. The van der Waals surface area contributed by atoms with Crippen LogP contribution in [0.2, 0.25) is 10.0 Å². The highest BCUT2D eigenvalue weighted by Gasteiger charge is 2.12. The minimum atomic E-state index is 0.396. The highest BCUT2D eigenvalue weighted by Crippen LogP contribution is 2.23. The first-order chi connectivity index (χ1) is 9.69. The van der Waals surface area contributed by atoms with Crippen molar-refractivity contribution in [3.05, 3.63) is 50.4 Å². The van der Waals surface area contributed by atoms with Crippen LogP contribution in [0.5, 0.6) is 0 Å². The monoisotopic (exact) mass is 328 g/mol. The lowest BCUT2D eigenvalue weighted by Crippen LogP contribution is -2.33. The number of benzene rings is 1. The number of rotatable bonds is 7. The van der Waals surface area contributed by atoms with E-state index in [-0.39, 0.29) is 0 Å². The first-order valence-corrected chi connectivity index (χ1v) is 8.37. The van der Waals surface area contributed by atoms with Gasteiger partial charge in [0.05, 0.1) is 15.6 Å². The van der Waals surface area contributed by atoms with Gasteiger partial charge in [0.1, 0.15) is 0 Å². The summed E-state index contributed by atoms with van der Waals surface area (Å²) in [5.41, 5.74) is 3.09. The molecule has 0 spiro atoms. The molecule has 2 rings (SSSR count). The van der Waals surface area contributed by atoms with Crippen molar-refractivity contribution < 1.29 is 0 Å². The number of aromatic nitrogens is 1. The molecular formula is C15H18Cl2N2S. The van der Waals surface area contributed by atoms with E-state index in [0.717, 1.165) is 25.8 Å². The van der Waals surface area contributed by atoms with Crippen molar-refractivity contribution >= 4 is 34.5 Å².